The second-order valence-electron chi connectivity index (χ2n) is 8.41. The van der Waals surface area contributed by atoms with Gasteiger partial charge in [0.25, 0.3) is 0 Å². The monoisotopic (exact) mass is 447 g/mol. The lowest BCUT2D eigenvalue weighted by Gasteiger charge is -2.21. The van der Waals surface area contributed by atoms with Crippen LogP contribution in [0.25, 0.3) is 22.2 Å². The van der Waals surface area contributed by atoms with Crippen LogP contribution in [0, 0.1) is 13.8 Å². The van der Waals surface area contributed by atoms with E-state index in [2.05, 4.69) is 35.4 Å². The Bertz CT molecular complexity index is 1390. The predicted molar refractivity (Wildman–Crippen MR) is 128 cm³/mol. The van der Waals surface area contributed by atoms with Crippen LogP contribution in [0.5, 0.6) is 5.88 Å². The van der Waals surface area contributed by atoms with Gasteiger partial charge in [0.1, 0.15) is 23.3 Å². The molecule has 5 heterocycles. The van der Waals surface area contributed by atoms with Crippen LogP contribution in [0.2, 0.25) is 0 Å². The standard InChI is InChI=1S/C24H29N7O2/c1-8-15-19(17(9-2)31(6)29-15)22-20-21-16(27-23(20)26-13(5)25-22)10-14(24(28-21)32-7)18-11(3)30-33-12(18)4/h10,13,26-27H,8-9H2,1-7H3. The fourth-order valence-electron chi connectivity index (χ4n) is 4.87. The van der Waals surface area contributed by atoms with E-state index in [1.807, 2.05) is 32.5 Å². The summed E-state index contributed by atoms with van der Waals surface area (Å²) in [6.45, 7) is 10.1. The number of H-pyrrole nitrogens is 1. The van der Waals surface area contributed by atoms with Crippen LogP contribution < -0.4 is 10.1 Å². The van der Waals surface area contributed by atoms with Crippen LogP contribution in [0.15, 0.2) is 15.6 Å². The Morgan fingerprint density at radius 3 is 2.58 bits per heavy atom. The van der Waals surface area contributed by atoms with E-state index in [0.29, 0.717) is 5.88 Å². The zero-order chi connectivity index (χ0) is 23.4. The molecule has 0 saturated heterocycles. The van der Waals surface area contributed by atoms with Gasteiger partial charge in [0.15, 0.2) is 0 Å². The smallest absolute Gasteiger partial charge is 0.221 e. The number of aliphatic imine (C=N–C) groups is 1. The molecule has 1 aliphatic heterocycles. The molecule has 0 fully saturated rings. The third kappa shape index (κ3) is 3.13. The van der Waals surface area contributed by atoms with Crippen LogP contribution in [-0.2, 0) is 19.9 Å². The van der Waals surface area contributed by atoms with Crippen molar-refractivity contribution in [3.63, 3.8) is 0 Å². The highest BCUT2D eigenvalue weighted by Gasteiger charge is 2.31. The molecule has 172 valence electrons. The number of methoxy groups -OCH3 is 1. The summed E-state index contributed by atoms with van der Waals surface area (Å²) in [6.07, 6.45) is 1.61. The van der Waals surface area contributed by atoms with Crippen LogP contribution in [-0.4, -0.2) is 43.9 Å². The molecule has 4 aromatic rings. The molecular weight excluding hydrogens is 418 g/mol. The van der Waals surface area contributed by atoms with Crippen molar-refractivity contribution >= 4 is 22.6 Å². The Labute approximate surface area is 192 Å². The number of ether oxygens (including phenoxy) is 1. The quantitative estimate of drug-likeness (QED) is 0.472. The van der Waals surface area contributed by atoms with Crippen molar-refractivity contribution in [2.75, 3.05) is 12.4 Å². The number of hydrogen-bond donors (Lipinski definition) is 2. The fraction of sp³-hybridized carbons (Fsp3) is 0.417. The van der Waals surface area contributed by atoms with Crippen molar-refractivity contribution < 1.29 is 9.26 Å². The maximum atomic E-state index is 5.73. The molecule has 1 aliphatic rings. The molecule has 1 unspecified atom stereocenters. The van der Waals surface area contributed by atoms with Gasteiger partial charge < -0.3 is 19.6 Å². The number of anilines is 1. The van der Waals surface area contributed by atoms with Crippen molar-refractivity contribution in [2.24, 2.45) is 12.0 Å². The molecule has 0 saturated carbocycles. The zero-order valence-corrected chi connectivity index (χ0v) is 20.1. The number of nitrogens with zero attached hydrogens (tertiary/aromatic N) is 5. The van der Waals surface area contributed by atoms with E-state index in [1.54, 1.807) is 7.11 Å². The summed E-state index contributed by atoms with van der Waals surface area (Å²) in [6, 6.07) is 2.06. The Balaban J connectivity index is 1.79. The minimum absolute atomic E-state index is 0.0842. The Morgan fingerprint density at radius 2 is 1.94 bits per heavy atom. The minimum Gasteiger partial charge on any atom is -0.481 e. The van der Waals surface area contributed by atoms with Gasteiger partial charge in [-0.3, -0.25) is 9.67 Å². The molecule has 0 aliphatic carbocycles. The van der Waals surface area contributed by atoms with Crippen LogP contribution in [0.1, 0.15) is 54.7 Å². The summed E-state index contributed by atoms with van der Waals surface area (Å²) in [5.41, 5.74) is 9.43. The van der Waals surface area contributed by atoms with Crippen LogP contribution >= 0.6 is 0 Å². The highest BCUT2D eigenvalue weighted by molar-refractivity contribution is 6.24. The first-order valence-corrected chi connectivity index (χ1v) is 11.3. The molecule has 5 rings (SSSR count). The van der Waals surface area contributed by atoms with Gasteiger partial charge in [-0.25, -0.2) is 4.98 Å². The van der Waals surface area contributed by atoms with E-state index in [1.165, 1.54) is 5.69 Å². The molecule has 0 aromatic carbocycles. The van der Waals surface area contributed by atoms with Gasteiger partial charge in [0.05, 0.1) is 46.4 Å². The highest BCUT2D eigenvalue weighted by Crippen LogP contribution is 2.40. The normalized spacial score (nSPS) is 15.5. The van der Waals surface area contributed by atoms with Crippen LogP contribution in [0.4, 0.5) is 5.82 Å². The largest absolute Gasteiger partial charge is 0.481 e. The van der Waals surface area contributed by atoms with Crippen molar-refractivity contribution in [3.8, 4) is 17.0 Å². The number of rotatable bonds is 5. The topological polar surface area (TPSA) is 106 Å². The van der Waals surface area contributed by atoms with E-state index in [-0.39, 0.29) is 6.17 Å². The minimum atomic E-state index is -0.0842. The molecule has 2 N–H and O–H groups in total. The molecule has 1 atom stereocenters. The molecule has 0 radical (unpaired) electrons. The lowest BCUT2D eigenvalue weighted by Crippen LogP contribution is -2.24. The number of hydrogen-bond acceptors (Lipinski definition) is 7. The maximum Gasteiger partial charge on any atom is 0.221 e. The summed E-state index contributed by atoms with van der Waals surface area (Å²) >= 11 is 0. The van der Waals surface area contributed by atoms with Crippen LogP contribution in [0.3, 0.4) is 0 Å². The summed E-state index contributed by atoms with van der Waals surface area (Å²) < 4.78 is 13.1. The number of pyridine rings is 1. The average molecular weight is 448 g/mol. The van der Waals surface area contributed by atoms with Crippen molar-refractivity contribution in [3.05, 3.63) is 40.0 Å². The SMILES string of the molecule is CCc1nn(C)c(CC)c1C1=NC(C)Nc2[nH]c3cc(-c4c(C)noc4C)c(OC)nc3c21. The van der Waals surface area contributed by atoms with Crippen molar-refractivity contribution in [1.82, 2.24) is 24.9 Å². The molecule has 9 nitrogen and oxygen atoms in total. The van der Waals surface area contributed by atoms with E-state index < -0.39 is 0 Å². The number of aromatic nitrogens is 5. The Hall–Kier alpha value is -3.62. The molecule has 9 heteroatoms. The third-order valence-corrected chi connectivity index (χ3v) is 6.29. The Morgan fingerprint density at radius 1 is 1.15 bits per heavy atom. The van der Waals surface area contributed by atoms with E-state index in [9.17, 15) is 0 Å². The van der Waals surface area contributed by atoms with E-state index in [4.69, 9.17) is 24.3 Å². The fourth-order valence-corrected chi connectivity index (χ4v) is 4.87. The molecule has 0 spiro atoms. The van der Waals surface area contributed by atoms with Gasteiger partial charge in [-0.15, -0.1) is 0 Å². The highest BCUT2D eigenvalue weighted by atomic mass is 16.5. The second-order valence-corrected chi connectivity index (χ2v) is 8.41. The van der Waals surface area contributed by atoms with Crippen molar-refractivity contribution in [2.45, 2.75) is 53.6 Å². The van der Waals surface area contributed by atoms with Gasteiger partial charge in [-0.2, -0.15) is 5.10 Å². The number of fused-ring (bicyclic) bond motifs is 3. The maximum absolute atomic E-state index is 5.73. The first-order chi connectivity index (χ1) is 15.9. The van der Waals surface area contributed by atoms with Gasteiger partial charge in [0.2, 0.25) is 5.88 Å². The molecule has 0 bridgehead atoms. The van der Waals surface area contributed by atoms with Crippen molar-refractivity contribution in [1.29, 1.82) is 0 Å². The predicted octanol–water partition coefficient (Wildman–Crippen LogP) is 4.31. The first-order valence-electron chi connectivity index (χ1n) is 11.3. The Kier molecular flexibility index (Phi) is 4.99. The first kappa shape index (κ1) is 21.2. The second kappa shape index (κ2) is 7.75. The van der Waals surface area contributed by atoms with E-state index in [0.717, 1.165) is 74.8 Å². The molecule has 4 aromatic heterocycles. The molecule has 0 amide bonds. The zero-order valence-electron chi connectivity index (χ0n) is 20.1. The number of nitrogens with one attached hydrogen (secondary N) is 2. The number of aromatic amines is 1. The third-order valence-electron chi connectivity index (χ3n) is 6.29. The summed E-state index contributed by atoms with van der Waals surface area (Å²) in [4.78, 5) is 13.5. The van der Waals surface area contributed by atoms with Gasteiger partial charge >= 0.3 is 0 Å². The van der Waals surface area contributed by atoms with Gasteiger partial charge in [0, 0.05) is 18.3 Å². The average Bonchev–Trinajstić information content (AvgIpc) is 3.43. The summed E-state index contributed by atoms with van der Waals surface area (Å²) in [7, 11) is 3.63. The summed E-state index contributed by atoms with van der Waals surface area (Å²) in [5.74, 6) is 2.16. The lowest BCUT2D eigenvalue weighted by molar-refractivity contribution is 0.392. The lowest BCUT2D eigenvalue weighted by atomic mass is 9.96. The van der Waals surface area contributed by atoms with Gasteiger partial charge in [-0.1, -0.05) is 19.0 Å². The summed E-state index contributed by atoms with van der Waals surface area (Å²) in [5, 5.41) is 12.4. The molecule has 33 heavy (non-hydrogen) atoms. The van der Waals surface area contributed by atoms with Gasteiger partial charge in [-0.05, 0) is 39.7 Å². The van der Waals surface area contributed by atoms with E-state index >= 15 is 0 Å². The number of aryl methyl sites for hydroxylation is 4. The molecular formula is C24H29N7O2.